The zero-order valence-corrected chi connectivity index (χ0v) is 9.72. The van der Waals surface area contributed by atoms with E-state index in [9.17, 15) is 9.90 Å². The molecule has 1 aromatic rings. The van der Waals surface area contributed by atoms with Crippen LogP contribution in [0, 0.1) is 0 Å². The van der Waals surface area contributed by atoms with E-state index in [1.807, 2.05) is 0 Å². The van der Waals surface area contributed by atoms with Gasteiger partial charge >= 0.3 is 0 Å². The number of rotatable bonds is 3. The maximum Gasteiger partial charge on any atom is 0.178 e. The molecule has 0 aromatic heterocycles. The molecule has 0 heterocycles. The molecule has 0 fully saturated rings. The van der Waals surface area contributed by atoms with Crippen LogP contribution in [-0.2, 0) is 0 Å². The maximum absolute atomic E-state index is 11.3. The molecule has 3 nitrogen and oxygen atoms in total. The van der Waals surface area contributed by atoms with Crippen molar-refractivity contribution < 1.29 is 14.6 Å². The Hall–Kier alpha value is -0.740. The Morgan fingerprint density at radius 1 is 1.64 bits per heavy atom. The summed E-state index contributed by atoms with van der Waals surface area (Å²) in [7, 11) is 1.44. The van der Waals surface area contributed by atoms with Crippen molar-refractivity contribution >= 4 is 33.3 Å². The fourth-order valence-corrected chi connectivity index (χ4v) is 1.69. The molecular formula is C9H8BrClO3. The molecule has 0 aliphatic heterocycles. The van der Waals surface area contributed by atoms with Crippen molar-refractivity contribution in [2.45, 2.75) is 0 Å². The summed E-state index contributed by atoms with van der Waals surface area (Å²) in [6.45, 7) is 0. The summed E-state index contributed by atoms with van der Waals surface area (Å²) < 4.78 is 5.18. The molecule has 1 aromatic carbocycles. The van der Waals surface area contributed by atoms with Crippen LogP contribution in [0.25, 0.3) is 0 Å². The van der Waals surface area contributed by atoms with Gasteiger partial charge in [0, 0.05) is 5.56 Å². The van der Waals surface area contributed by atoms with Crippen LogP contribution in [0.5, 0.6) is 11.5 Å². The summed E-state index contributed by atoms with van der Waals surface area (Å²) in [5.74, 6) is -0.160. The lowest BCUT2D eigenvalue weighted by Gasteiger charge is -2.07. The molecule has 0 aliphatic rings. The average molecular weight is 280 g/mol. The number of carbonyl (C=O) groups is 1. The number of phenolic OH excluding ortho intramolecular Hbond substituents is 1. The first-order valence-electron chi connectivity index (χ1n) is 3.76. The first kappa shape index (κ1) is 11.3. The van der Waals surface area contributed by atoms with Crippen LogP contribution < -0.4 is 4.74 Å². The van der Waals surface area contributed by atoms with E-state index >= 15 is 0 Å². The number of methoxy groups -OCH3 is 1. The van der Waals surface area contributed by atoms with Gasteiger partial charge in [0.15, 0.2) is 17.3 Å². The summed E-state index contributed by atoms with van der Waals surface area (Å²) >= 11 is 8.51. The van der Waals surface area contributed by atoms with Crippen molar-refractivity contribution in [2.24, 2.45) is 0 Å². The van der Waals surface area contributed by atoms with Gasteiger partial charge in [0.2, 0.25) is 0 Å². The number of halogens is 2. The van der Waals surface area contributed by atoms with E-state index in [1.54, 1.807) is 6.07 Å². The highest BCUT2D eigenvalue weighted by Gasteiger charge is 2.15. The topological polar surface area (TPSA) is 46.5 Å². The summed E-state index contributed by atoms with van der Waals surface area (Å²) in [6.07, 6.45) is 0. The Morgan fingerprint density at radius 3 is 2.79 bits per heavy atom. The molecule has 14 heavy (non-hydrogen) atoms. The number of hydrogen-bond acceptors (Lipinski definition) is 3. The van der Waals surface area contributed by atoms with Crippen molar-refractivity contribution in [2.75, 3.05) is 13.0 Å². The van der Waals surface area contributed by atoms with Crippen LogP contribution >= 0.6 is 27.5 Å². The van der Waals surface area contributed by atoms with E-state index in [4.69, 9.17) is 16.3 Å². The number of ether oxygens (including phenoxy) is 1. The minimum Gasteiger partial charge on any atom is -0.503 e. The predicted molar refractivity (Wildman–Crippen MR) is 57.4 cm³/mol. The molecular weight excluding hydrogens is 271 g/mol. The van der Waals surface area contributed by atoms with Gasteiger partial charge in [-0.15, -0.1) is 11.6 Å². The Balaban J connectivity index is 3.24. The zero-order chi connectivity index (χ0) is 10.7. The van der Waals surface area contributed by atoms with Gasteiger partial charge in [0.05, 0.1) is 17.5 Å². The molecule has 0 saturated heterocycles. The molecule has 0 amide bonds. The molecule has 0 spiro atoms. The summed E-state index contributed by atoms with van der Waals surface area (Å²) in [6, 6.07) is 3.06. The largest absolute Gasteiger partial charge is 0.503 e. The quantitative estimate of drug-likeness (QED) is 0.683. The fraction of sp³-hybridized carbons (Fsp3) is 0.222. The Labute approximate surface area is 94.8 Å². The number of aromatic hydroxyl groups is 1. The number of hydrogen-bond donors (Lipinski definition) is 1. The van der Waals surface area contributed by atoms with Crippen molar-refractivity contribution in [1.29, 1.82) is 0 Å². The van der Waals surface area contributed by atoms with E-state index in [2.05, 4.69) is 15.9 Å². The van der Waals surface area contributed by atoms with Crippen LogP contribution in [0.15, 0.2) is 16.6 Å². The second-order valence-corrected chi connectivity index (χ2v) is 3.60. The number of benzene rings is 1. The van der Waals surface area contributed by atoms with Gasteiger partial charge in [-0.1, -0.05) is 0 Å². The van der Waals surface area contributed by atoms with Crippen molar-refractivity contribution in [3.05, 3.63) is 22.2 Å². The van der Waals surface area contributed by atoms with Crippen molar-refractivity contribution in [1.82, 2.24) is 0 Å². The van der Waals surface area contributed by atoms with E-state index in [0.717, 1.165) is 0 Å². The van der Waals surface area contributed by atoms with E-state index in [1.165, 1.54) is 13.2 Å². The second kappa shape index (κ2) is 4.66. The summed E-state index contributed by atoms with van der Waals surface area (Å²) in [4.78, 5) is 11.3. The van der Waals surface area contributed by atoms with Crippen LogP contribution in [0.2, 0.25) is 0 Å². The monoisotopic (exact) mass is 278 g/mol. The van der Waals surface area contributed by atoms with Gasteiger partial charge in [-0.2, -0.15) is 0 Å². The third-order valence-corrected chi connectivity index (χ3v) is 2.77. The molecule has 1 N–H and O–H groups in total. The van der Waals surface area contributed by atoms with Gasteiger partial charge in [-0.25, -0.2) is 0 Å². The Bertz CT molecular complexity index is 365. The lowest BCUT2D eigenvalue weighted by atomic mass is 10.1. The number of ketones is 1. The first-order valence-corrected chi connectivity index (χ1v) is 5.09. The van der Waals surface area contributed by atoms with Gasteiger partial charge in [0.1, 0.15) is 0 Å². The van der Waals surface area contributed by atoms with Gasteiger partial charge in [-0.05, 0) is 28.1 Å². The molecule has 0 atom stereocenters. The van der Waals surface area contributed by atoms with E-state index < -0.39 is 0 Å². The minimum absolute atomic E-state index is 0.0940. The number of alkyl halides is 1. The smallest absolute Gasteiger partial charge is 0.178 e. The lowest BCUT2D eigenvalue weighted by Crippen LogP contribution is -2.01. The number of Topliss-reactive ketones (excluding diaryl/α,β-unsaturated/α-hetero) is 1. The average Bonchev–Trinajstić information content (AvgIpc) is 2.21. The van der Waals surface area contributed by atoms with Crippen LogP contribution in [0.4, 0.5) is 0 Å². The molecule has 0 aliphatic carbocycles. The number of phenols is 1. The Morgan fingerprint density at radius 2 is 2.29 bits per heavy atom. The number of carbonyl (C=O) groups excluding carboxylic acids is 1. The van der Waals surface area contributed by atoms with Crippen LogP contribution in [0.3, 0.4) is 0 Å². The molecule has 0 saturated carbocycles. The molecule has 0 unspecified atom stereocenters. The summed E-state index contributed by atoms with van der Waals surface area (Å²) in [5.41, 5.74) is 0.346. The van der Waals surface area contributed by atoms with Gasteiger partial charge in [-0.3, -0.25) is 4.79 Å². The van der Waals surface area contributed by atoms with Crippen LogP contribution in [0.1, 0.15) is 10.4 Å². The van der Waals surface area contributed by atoms with Crippen LogP contribution in [-0.4, -0.2) is 23.9 Å². The molecule has 5 heteroatoms. The molecule has 0 radical (unpaired) electrons. The summed E-state index contributed by atoms with van der Waals surface area (Å²) in [5, 5.41) is 9.56. The third-order valence-electron chi connectivity index (χ3n) is 1.72. The van der Waals surface area contributed by atoms with Crippen molar-refractivity contribution in [3.63, 3.8) is 0 Å². The predicted octanol–water partition coefficient (Wildman–Crippen LogP) is 2.58. The molecule has 1 rings (SSSR count). The Kier molecular flexibility index (Phi) is 3.77. The standard InChI is InChI=1S/C9H8BrClO3/c1-14-7-3-2-5(6(12)4-11)8(10)9(7)13/h2-3,13H,4H2,1H3. The highest BCUT2D eigenvalue weighted by molar-refractivity contribution is 9.10. The molecule has 76 valence electrons. The second-order valence-electron chi connectivity index (χ2n) is 2.53. The van der Waals surface area contributed by atoms with E-state index in [-0.39, 0.29) is 17.4 Å². The molecule has 0 bridgehead atoms. The lowest BCUT2D eigenvalue weighted by molar-refractivity contribution is 0.102. The van der Waals surface area contributed by atoms with Crippen molar-refractivity contribution in [3.8, 4) is 11.5 Å². The highest BCUT2D eigenvalue weighted by Crippen LogP contribution is 2.36. The van der Waals surface area contributed by atoms with Gasteiger partial charge in [0.25, 0.3) is 0 Å². The normalized spacial score (nSPS) is 9.93. The minimum atomic E-state index is -0.253. The van der Waals surface area contributed by atoms with E-state index in [0.29, 0.717) is 15.8 Å². The first-order chi connectivity index (χ1) is 6.61. The van der Waals surface area contributed by atoms with Gasteiger partial charge < -0.3 is 9.84 Å². The third kappa shape index (κ3) is 2.01. The SMILES string of the molecule is COc1ccc(C(=O)CCl)c(Br)c1O. The highest BCUT2D eigenvalue weighted by atomic mass is 79.9. The fourth-order valence-electron chi connectivity index (χ4n) is 0.999. The zero-order valence-electron chi connectivity index (χ0n) is 7.38. The maximum atomic E-state index is 11.3.